The van der Waals surface area contributed by atoms with Crippen LogP contribution in [-0.4, -0.2) is 46.4 Å². The van der Waals surface area contributed by atoms with Gasteiger partial charge in [0.2, 0.25) is 11.7 Å². The second kappa shape index (κ2) is 6.81. The van der Waals surface area contributed by atoms with Gasteiger partial charge in [0, 0.05) is 35.9 Å². The van der Waals surface area contributed by atoms with Gasteiger partial charge in [0.25, 0.3) is 0 Å². The normalized spacial score (nSPS) is 16.6. The molecule has 3 N–H and O–H groups in total. The minimum Gasteiger partial charge on any atom is -0.369 e. The molecule has 9 heteroatoms. The van der Waals surface area contributed by atoms with E-state index in [0.717, 1.165) is 25.9 Å². The number of nitrogens with one attached hydrogen (secondary N) is 1. The molecule has 1 aliphatic rings. The van der Waals surface area contributed by atoms with Crippen LogP contribution in [0.3, 0.4) is 0 Å². The van der Waals surface area contributed by atoms with E-state index in [2.05, 4.69) is 26.2 Å². The van der Waals surface area contributed by atoms with Gasteiger partial charge < -0.3 is 11.1 Å². The smallest absolute Gasteiger partial charge is 0.312 e. The molecule has 0 bridgehead atoms. The summed E-state index contributed by atoms with van der Waals surface area (Å²) in [5, 5.41) is 14.1. The molecule has 0 spiro atoms. The summed E-state index contributed by atoms with van der Waals surface area (Å²) in [5.41, 5.74) is 5.11. The van der Waals surface area contributed by atoms with Gasteiger partial charge in [0.05, 0.1) is 11.5 Å². The lowest BCUT2D eigenvalue weighted by Crippen LogP contribution is -2.43. The molecule has 0 aliphatic carbocycles. The van der Waals surface area contributed by atoms with Crippen LogP contribution < -0.4 is 11.1 Å². The Hall–Kier alpha value is -1.74. The zero-order valence-corrected chi connectivity index (χ0v) is 12.9. The van der Waals surface area contributed by atoms with Gasteiger partial charge in [-0.15, -0.1) is 0 Å². The summed E-state index contributed by atoms with van der Waals surface area (Å²) in [7, 11) is 0. The van der Waals surface area contributed by atoms with E-state index < -0.39 is 4.92 Å². The van der Waals surface area contributed by atoms with E-state index >= 15 is 0 Å². The average Bonchev–Trinajstić information content (AvgIpc) is 2.42. The van der Waals surface area contributed by atoms with Crippen molar-refractivity contribution in [3.05, 3.63) is 26.9 Å². The number of amides is 1. The molecule has 0 atom stereocenters. The van der Waals surface area contributed by atoms with Crippen LogP contribution in [0.4, 0.5) is 11.5 Å². The minimum absolute atomic E-state index is 0.0519. The van der Waals surface area contributed by atoms with Crippen LogP contribution in [-0.2, 0) is 4.79 Å². The van der Waals surface area contributed by atoms with Gasteiger partial charge in [-0.1, -0.05) is 0 Å². The quantitative estimate of drug-likeness (QED) is 0.602. The molecule has 1 fully saturated rings. The Morgan fingerprint density at radius 1 is 1.57 bits per heavy atom. The Morgan fingerprint density at radius 2 is 2.24 bits per heavy atom. The van der Waals surface area contributed by atoms with Crippen molar-refractivity contribution < 1.29 is 9.72 Å². The summed E-state index contributed by atoms with van der Waals surface area (Å²) < 4.78 is 0.566. The number of aromatic nitrogens is 1. The fourth-order valence-electron chi connectivity index (χ4n) is 2.33. The summed E-state index contributed by atoms with van der Waals surface area (Å²) in [6, 6.07) is 1.53. The molecular formula is C12H16BrN5O3. The summed E-state index contributed by atoms with van der Waals surface area (Å²) in [6.45, 7) is 1.71. The van der Waals surface area contributed by atoms with E-state index in [9.17, 15) is 14.9 Å². The average molecular weight is 358 g/mol. The maximum atomic E-state index is 11.0. The van der Waals surface area contributed by atoms with Crippen LogP contribution in [0.25, 0.3) is 0 Å². The molecule has 114 valence electrons. The number of likely N-dealkylation sites (tertiary alicyclic amines) is 1. The molecule has 0 radical (unpaired) electrons. The van der Waals surface area contributed by atoms with Crippen LogP contribution >= 0.6 is 15.9 Å². The molecule has 0 aromatic carbocycles. The molecule has 0 unspecified atom stereocenters. The number of nitrogens with zero attached hydrogens (tertiary/aromatic N) is 3. The van der Waals surface area contributed by atoms with E-state index in [4.69, 9.17) is 5.73 Å². The predicted molar refractivity (Wildman–Crippen MR) is 80.9 cm³/mol. The highest BCUT2D eigenvalue weighted by molar-refractivity contribution is 9.10. The Bertz CT molecular complexity index is 546. The van der Waals surface area contributed by atoms with Crippen LogP contribution in [0.1, 0.15) is 12.8 Å². The Balaban J connectivity index is 1.97. The first kappa shape index (κ1) is 15.6. The maximum Gasteiger partial charge on any atom is 0.312 e. The highest BCUT2D eigenvalue weighted by atomic mass is 79.9. The van der Waals surface area contributed by atoms with Gasteiger partial charge in [-0.2, -0.15) is 0 Å². The number of nitrogens with two attached hydrogens (primary N) is 1. The number of anilines is 1. The summed E-state index contributed by atoms with van der Waals surface area (Å²) in [6.07, 6.45) is 3.09. The van der Waals surface area contributed by atoms with Crippen molar-refractivity contribution in [2.75, 3.05) is 25.0 Å². The molecule has 0 saturated carbocycles. The number of piperidine rings is 1. The van der Waals surface area contributed by atoms with E-state index in [1.165, 1.54) is 12.3 Å². The number of rotatable bonds is 5. The first-order valence-corrected chi connectivity index (χ1v) is 7.32. The van der Waals surface area contributed by atoms with Crippen molar-refractivity contribution in [2.24, 2.45) is 5.73 Å². The number of pyridine rings is 1. The van der Waals surface area contributed by atoms with Crippen LogP contribution in [0.15, 0.2) is 16.7 Å². The highest BCUT2D eigenvalue weighted by Crippen LogP contribution is 2.27. The maximum absolute atomic E-state index is 11.0. The van der Waals surface area contributed by atoms with Gasteiger partial charge in [0.1, 0.15) is 0 Å². The molecule has 8 nitrogen and oxygen atoms in total. The lowest BCUT2D eigenvalue weighted by molar-refractivity contribution is -0.384. The Labute approximate surface area is 130 Å². The summed E-state index contributed by atoms with van der Waals surface area (Å²) >= 11 is 3.18. The largest absolute Gasteiger partial charge is 0.369 e. The second-order valence-corrected chi connectivity index (χ2v) is 5.86. The molecule has 1 aliphatic heterocycles. The highest BCUT2D eigenvalue weighted by Gasteiger charge is 2.23. The third kappa shape index (κ3) is 4.36. The molecule has 1 saturated heterocycles. The van der Waals surface area contributed by atoms with Crippen molar-refractivity contribution in [1.82, 2.24) is 9.88 Å². The van der Waals surface area contributed by atoms with E-state index in [0.29, 0.717) is 4.47 Å². The van der Waals surface area contributed by atoms with Crippen molar-refractivity contribution in [2.45, 2.75) is 18.9 Å². The second-order valence-electron chi connectivity index (χ2n) is 4.94. The Kier molecular flexibility index (Phi) is 5.07. The van der Waals surface area contributed by atoms with Crippen LogP contribution in [0.2, 0.25) is 0 Å². The lowest BCUT2D eigenvalue weighted by atomic mass is 10.0. The molecule has 21 heavy (non-hydrogen) atoms. The molecular weight excluding hydrogens is 342 g/mol. The lowest BCUT2D eigenvalue weighted by Gasteiger charge is -2.31. The summed E-state index contributed by atoms with van der Waals surface area (Å²) in [5.74, 6) is -0.0665. The van der Waals surface area contributed by atoms with E-state index in [1.807, 2.05) is 4.90 Å². The number of carbonyl (C=O) groups excluding carboxylic acids is 1. The van der Waals surface area contributed by atoms with E-state index in [1.54, 1.807) is 0 Å². The molecule has 1 aromatic heterocycles. The molecule has 2 rings (SSSR count). The third-order valence-electron chi connectivity index (χ3n) is 3.34. The van der Waals surface area contributed by atoms with Gasteiger partial charge in [0.15, 0.2) is 0 Å². The van der Waals surface area contributed by atoms with Crippen LogP contribution in [0, 0.1) is 10.1 Å². The molecule has 2 heterocycles. The predicted octanol–water partition coefficient (Wildman–Crippen LogP) is 1.11. The van der Waals surface area contributed by atoms with Gasteiger partial charge in [-0.3, -0.25) is 19.8 Å². The third-order valence-corrected chi connectivity index (χ3v) is 3.77. The summed E-state index contributed by atoms with van der Waals surface area (Å²) in [4.78, 5) is 27.5. The first-order chi connectivity index (χ1) is 9.95. The van der Waals surface area contributed by atoms with Gasteiger partial charge in [-0.05, 0) is 28.8 Å². The first-order valence-electron chi connectivity index (χ1n) is 6.53. The van der Waals surface area contributed by atoms with Crippen molar-refractivity contribution in [3.63, 3.8) is 0 Å². The number of nitro groups is 1. The van der Waals surface area contributed by atoms with Gasteiger partial charge >= 0.3 is 5.69 Å². The number of hydrogen-bond acceptors (Lipinski definition) is 6. The minimum atomic E-state index is -0.456. The van der Waals surface area contributed by atoms with E-state index in [-0.39, 0.29) is 30.0 Å². The van der Waals surface area contributed by atoms with Crippen LogP contribution in [0.5, 0.6) is 0 Å². The zero-order chi connectivity index (χ0) is 15.4. The van der Waals surface area contributed by atoms with Crippen molar-refractivity contribution >= 4 is 33.3 Å². The molecule has 1 amide bonds. The van der Waals surface area contributed by atoms with Crippen molar-refractivity contribution in [3.8, 4) is 0 Å². The number of hydrogen-bond donors (Lipinski definition) is 2. The number of primary amides is 1. The topological polar surface area (TPSA) is 114 Å². The SMILES string of the molecule is NC(=O)CN1CCC(Nc2ncc(Br)cc2[N+](=O)[O-])CC1. The Morgan fingerprint density at radius 3 is 2.81 bits per heavy atom. The standard InChI is InChI=1S/C12H16BrN5O3/c13-8-5-10(18(20)21)12(15-6-8)16-9-1-3-17(4-2-9)7-11(14)19/h5-6,9H,1-4,7H2,(H2,14,19)(H,15,16). The van der Waals surface area contributed by atoms with Crippen molar-refractivity contribution in [1.29, 1.82) is 0 Å². The number of carbonyl (C=O) groups is 1. The zero-order valence-electron chi connectivity index (χ0n) is 11.3. The fourth-order valence-corrected chi connectivity index (χ4v) is 2.65. The monoisotopic (exact) mass is 357 g/mol. The fraction of sp³-hybridized carbons (Fsp3) is 0.500. The molecule has 1 aromatic rings. The number of halogens is 1. The van der Waals surface area contributed by atoms with Gasteiger partial charge in [-0.25, -0.2) is 4.98 Å².